The zero-order chi connectivity index (χ0) is 11.5. The molecule has 0 saturated carbocycles. The first-order valence-corrected chi connectivity index (χ1v) is 5.26. The summed E-state index contributed by atoms with van der Waals surface area (Å²) >= 11 is 5.94. The molecule has 0 aliphatic carbocycles. The molecule has 2 aromatic rings. The van der Waals surface area contributed by atoms with Gasteiger partial charge in [-0.05, 0) is 23.7 Å². The van der Waals surface area contributed by atoms with E-state index in [1.54, 1.807) is 25.3 Å². The van der Waals surface area contributed by atoms with Crippen LogP contribution in [0.15, 0.2) is 29.1 Å². The number of benzene rings is 1. The van der Waals surface area contributed by atoms with Gasteiger partial charge in [-0.3, -0.25) is 9.36 Å². The van der Waals surface area contributed by atoms with Gasteiger partial charge in [-0.2, -0.15) is 0 Å². The molecule has 16 heavy (non-hydrogen) atoms. The summed E-state index contributed by atoms with van der Waals surface area (Å²) in [6, 6.07) is 7.14. The highest BCUT2D eigenvalue weighted by molar-refractivity contribution is 6.28. The number of aromatic nitrogens is 2. The summed E-state index contributed by atoms with van der Waals surface area (Å²) in [6.45, 7) is 0.839. The molecule has 0 spiro atoms. The van der Waals surface area contributed by atoms with E-state index in [1.807, 2.05) is 6.07 Å². The van der Waals surface area contributed by atoms with Gasteiger partial charge < -0.3 is 4.74 Å². The van der Waals surface area contributed by atoms with Crippen molar-refractivity contribution < 1.29 is 4.74 Å². The third-order valence-electron chi connectivity index (χ3n) is 2.33. The summed E-state index contributed by atoms with van der Waals surface area (Å²) in [4.78, 5) is 16.2. The van der Waals surface area contributed by atoms with Crippen LogP contribution in [-0.2, 0) is 11.3 Å². The van der Waals surface area contributed by atoms with Gasteiger partial charge in [0.05, 0.1) is 24.1 Å². The molecule has 84 valence electrons. The molecule has 2 rings (SSSR count). The molecule has 0 bridgehead atoms. The van der Waals surface area contributed by atoms with Crippen molar-refractivity contribution in [3.05, 3.63) is 39.9 Å². The minimum Gasteiger partial charge on any atom is -0.383 e. The molecular formula is C11H11ClN2O2. The van der Waals surface area contributed by atoms with Crippen molar-refractivity contribution in [1.29, 1.82) is 0 Å². The zero-order valence-corrected chi connectivity index (χ0v) is 9.57. The van der Waals surface area contributed by atoms with E-state index in [-0.39, 0.29) is 10.8 Å². The smallest absolute Gasteiger partial charge is 0.262 e. The van der Waals surface area contributed by atoms with E-state index >= 15 is 0 Å². The van der Waals surface area contributed by atoms with Gasteiger partial charge in [0.25, 0.3) is 5.56 Å². The molecule has 4 nitrogen and oxygen atoms in total. The summed E-state index contributed by atoms with van der Waals surface area (Å²) < 4.78 is 6.33. The Morgan fingerprint density at radius 1 is 1.44 bits per heavy atom. The molecule has 0 radical (unpaired) electrons. The maximum Gasteiger partial charge on any atom is 0.262 e. The third kappa shape index (κ3) is 1.94. The second kappa shape index (κ2) is 4.63. The summed E-state index contributed by atoms with van der Waals surface area (Å²) in [6.07, 6.45) is 0. The topological polar surface area (TPSA) is 44.1 Å². The van der Waals surface area contributed by atoms with Crippen LogP contribution >= 0.6 is 11.6 Å². The van der Waals surface area contributed by atoms with Crippen molar-refractivity contribution in [3.8, 4) is 0 Å². The molecule has 1 aromatic heterocycles. The Morgan fingerprint density at radius 2 is 2.19 bits per heavy atom. The summed E-state index contributed by atoms with van der Waals surface area (Å²) in [5, 5.41) is 0.767. The van der Waals surface area contributed by atoms with Gasteiger partial charge in [-0.1, -0.05) is 12.1 Å². The molecule has 0 N–H and O–H groups in total. The number of fused-ring (bicyclic) bond motifs is 1. The minimum atomic E-state index is -0.132. The molecule has 0 aliphatic heterocycles. The molecule has 0 fully saturated rings. The molecule has 0 atom stereocenters. The highest BCUT2D eigenvalue weighted by Crippen LogP contribution is 2.10. The van der Waals surface area contributed by atoms with Crippen LogP contribution in [0.1, 0.15) is 0 Å². The predicted molar refractivity (Wildman–Crippen MR) is 62.9 cm³/mol. The van der Waals surface area contributed by atoms with Crippen LogP contribution in [0.4, 0.5) is 0 Å². The first kappa shape index (κ1) is 11.1. The average Bonchev–Trinajstić information content (AvgIpc) is 2.29. The van der Waals surface area contributed by atoms with Crippen LogP contribution in [0.5, 0.6) is 0 Å². The summed E-state index contributed by atoms with van der Waals surface area (Å²) in [7, 11) is 1.58. The van der Waals surface area contributed by atoms with Crippen molar-refractivity contribution in [2.75, 3.05) is 13.7 Å². The van der Waals surface area contributed by atoms with E-state index in [2.05, 4.69) is 4.98 Å². The second-order valence-electron chi connectivity index (χ2n) is 3.35. The number of hydrogen-bond acceptors (Lipinski definition) is 3. The Balaban J connectivity index is 2.61. The van der Waals surface area contributed by atoms with Crippen molar-refractivity contribution in [2.24, 2.45) is 0 Å². The van der Waals surface area contributed by atoms with Gasteiger partial charge in [0.15, 0.2) is 0 Å². The van der Waals surface area contributed by atoms with E-state index in [0.29, 0.717) is 24.1 Å². The van der Waals surface area contributed by atoms with E-state index in [1.165, 1.54) is 4.57 Å². The van der Waals surface area contributed by atoms with Gasteiger partial charge in [-0.15, -0.1) is 0 Å². The lowest BCUT2D eigenvalue weighted by atomic mass is 10.2. The molecule has 0 aliphatic rings. The lowest BCUT2D eigenvalue weighted by molar-refractivity contribution is 0.186. The number of hydrogen-bond donors (Lipinski definition) is 0. The van der Waals surface area contributed by atoms with Crippen molar-refractivity contribution >= 4 is 22.5 Å². The van der Waals surface area contributed by atoms with Gasteiger partial charge in [0, 0.05) is 7.11 Å². The number of rotatable bonds is 3. The van der Waals surface area contributed by atoms with Crippen LogP contribution in [0.25, 0.3) is 10.9 Å². The quantitative estimate of drug-likeness (QED) is 0.765. The highest BCUT2D eigenvalue weighted by Gasteiger charge is 2.07. The first-order valence-electron chi connectivity index (χ1n) is 4.88. The van der Waals surface area contributed by atoms with Crippen molar-refractivity contribution in [2.45, 2.75) is 6.54 Å². The standard InChI is InChI=1S/C11H11ClN2O2/c1-16-7-6-14-10(15)8-4-2-3-5-9(8)13-11(14)12/h2-5H,6-7H2,1H3. The van der Waals surface area contributed by atoms with Crippen LogP contribution in [0.3, 0.4) is 0 Å². The van der Waals surface area contributed by atoms with E-state index in [4.69, 9.17) is 16.3 Å². The Bertz CT molecular complexity index is 565. The predicted octanol–water partition coefficient (Wildman–Crippen LogP) is 1.70. The molecule has 0 amide bonds. The van der Waals surface area contributed by atoms with Crippen molar-refractivity contribution in [1.82, 2.24) is 9.55 Å². The number of methoxy groups -OCH3 is 1. The van der Waals surface area contributed by atoms with Crippen LogP contribution < -0.4 is 5.56 Å². The molecule has 5 heteroatoms. The maximum atomic E-state index is 12.0. The molecular weight excluding hydrogens is 228 g/mol. The first-order chi connectivity index (χ1) is 7.74. The van der Waals surface area contributed by atoms with Crippen molar-refractivity contribution in [3.63, 3.8) is 0 Å². The van der Waals surface area contributed by atoms with E-state index in [9.17, 15) is 4.79 Å². The number of ether oxygens (including phenoxy) is 1. The fourth-order valence-electron chi connectivity index (χ4n) is 1.52. The van der Waals surface area contributed by atoms with Gasteiger partial charge in [0.2, 0.25) is 5.28 Å². The number of para-hydroxylation sites is 1. The van der Waals surface area contributed by atoms with Crippen LogP contribution in [0, 0.1) is 0 Å². The Labute approximate surface area is 97.4 Å². The summed E-state index contributed by atoms with van der Waals surface area (Å²) in [5.41, 5.74) is 0.485. The monoisotopic (exact) mass is 238 g/mol. The van der Waals surface area contributed by atoms with Gasteiger partial charge >= 0.3 is 0 Å². The van der Waals surface area contributed by atoms with Crippen LogP contribution in [0.2, 0.25) is 5.28 Å². The highest BCUT2D eigenvalue weighted by atomic mass is 35.5. The Hall–Kier alpha value is -1.39. The van der Waals surface area contributed by atoms with Gasteiger partial charge in [-0.25, -0.2) is 4.98 Å². The Morgan fingerprint density at radius 3 is 2.94 bits per heavy atom. The molecule has 0 saturated heterocycles. The lowest BCUT2D eigenvalue weighted by Gasteiger charge is -2.08. The fraction of sp³-hybridized carbons (Fsp3) is 0.273. The maximum absolute atomic E-state index is 12.0. The minimum absolute atomic E-state index is 0.132. The fourth-order valence-corrected chi connectivity index (χ4v) is 1.77. The third-order valence-corrected chi connectivity index (χ3v) is 2.62. The van der Waals surface area contributed by atoms with E-state index in [0.717, 1.165) is 0 Å². The summed E-state index contributed by atoms with van der Waals surface area (Å²) in [5.74, 6) is 0. The molecule has 1 heterocycles. The molecule has 1 aromatic carbocycles. The van der Waals surface area contributed by atoms with E-state index < -0.39 is 0 Å². The van der Waals surface area contributed by atoms with Crippen LogP contribution in [-0.4, -0.2) is 23.3 Å². The SMILES string of the molecule is COCCn1c(Cl)nc2ccccc2c1=O. The largest absolute Gasteiger partial charge is 0.383 e. The normalized spacial score (nSPS) is 10.9. The lowest BCUT2D eigenvalue weighted by Crippen LogP contribution is -2.24. The van der Waals surface area contributed by atoms with Gasteiger partial charge in [0.1, 0.15) is 0 Å². The Kier molecular flexibility index (Phi) is 3.22. The number of halogens is 1. The molecule has 0 unspecified atom stereocenters. The average molecular weight is 239 g/mol. The second-order valence-corrected chi connectivity index (χ2v) is 3.69. The number of nitrogens with zero attached hydrogens (tertiary/aromatic N) is 2. The zero-order valence-electron chi connectivity index (χ0n) is 8.81.